The van der Waals surface area contributed by atoms with Crippen LogP contribution in [0.2, 0.25) is 0 Å². The number of halogens is 1. The molecule has 0 unspecified atom stereocenters. The Bertz CT molecular complexity index is 502. The monoisotopic (exact) mass is 308 g/mol. The van der Waals surface area contributed by atoms with E-state index in [4.69, 9.17) is 5.73 Å². The predicted molar refractivity (Wildman–Crippen MR) is 75.8 cm³/mol. The third-order valence-electron chi connectivity index (χ3n) is 2.37. The summed E-state index contributed by atoms with van der Waals surface area (Å²) in [6.07, 6.45) is 1.79. The molecule has 1 aromatic carbocycles. The number of nitrogens with two attached hydrogens (primary N) is 1. The van der Waals surface area contributed by atoms with Crippen LogP contribution in [0.3, 0.4) is 0 Å². The summed E-state index contributed by atoms with van der Waals surface area (Å²) < 4.78 is 1.10. The van der Waals surface area contributed by atoms with Crippen LogP contribution in [-0.2, 0) is 12.3 Å². The van der Waals surface area contributed by atoms with E-state index < -0.39 is 0 Å². The van der Waals surface area contributed by atoms with Crippen LogP contribution in [0.4, 0.5) is 0 Å². The Kier molecular flexibility index (Phi) is 4.59. The van der Waals surface area contributed by atoms with Crippen LogP contribution in [-0.4, -0.2) is 4.98 Å². The summed E-state index contributed by atoms with van der Waals surface area (Å²) in [7, 11) is 0. The number of aromatic nitrogens is 1. The molecule has 4 heteroatoms. The average Bonchev–Trinajstić information content (AvgIpc) is 2.37. The molecule has 1 heterocycles. The zero-order valence-corrected chi connectivity index (χ0v) is 11.7. The summed E-state index contributed by atoms with van der Waals surface area (Å²) >= 11 is 5.26. The van der Waals surface area contributed by atoms with Crippen molar-refractivity contribution >= 4 is 27.7 Å². The van der Waals surface area contributed by atoms with Gasteiger partial charge in [0.1, 0.15) is 0 Å². The Morgan fingerprint density at radius 3 is 2.88 bits per heavy atom. The minimum atomic E-state index is 0.495. The summed E-state index contributed by atoms with van der Waals surface area (Å²) in [5, 5.41) is 0. The number of nitrogens with zero attached hydrogens (tertiary/aromatic N) is 1. The van der Waals surface area contributed by atoms with Gasteiger partial charge in [-0.1, -0.05) is 28.1 Å². The molecule has 0 atom stereocenters. The van der Waals surface area contributed by atoms with Crippen LogP contribution in [0, 0.1) is 0 Å². The molecular formula is C13H13BrN2S. The van der Waals surface area contributed by atoms with Crippen LogP contribution in [0.15, 0.2) is 52.0 Å². The van der Waals surface area contributed by atoms with E-state index in [9.17, 15) is 0 Å². The largest absolute Gasteiger partial charge is 0.325 e. The van der Waals surface area contributed by atoms with Gasteiger partial charge in [0, 0.05) is 27.9 Å². The van der Waals surface area contributed by atoms with E-state index in [2.05, 4.69) is 39.1 Å². The van der Waals surface area contributed by atoms with Gasteiger partial charge in [0.2, 0.25) is 0 Å². The molecule has 2 nitrogen and oxygen atoms in total. The second-order valence-electron chi connectivity index (χ2n) is 3.56. The van der Waals surface area contributed by atoms with Crippen molar-refractivity contribution in [1.29, 1.82) is 0 Å². The fraction of sp³-hybridized carbons (Fsp3) is 0.154. The smallest absolute Gasteiger partial charge is 0.0579 e. The molecule has 0 bridgehead atoms. The van der Waals surface area contributed by atoms with Crippen molar-refractivity contribution in [2.75, 3.05) is 0 Å². The van der Waals surface area contributed by atoms with Gasteiger partial charge in [-0.2, -0.15) is 0 Å². The highest BCUT2D eigenvalue weighted by Crippen LogP contribution is 2.26. The average molecular weight is 309 g/mol. The first-order valence-corrected chi connectivity index (χ1v) is 7.08. The second kappa shape index (κ2) is 6.19. The first-order valence-electron chi connectivity index (χ1n) is 5.31. The fourth-order valence-electron chi connectivity index (χ4n) is 1.50. The van der Waals surface area contributed by atoms with Gasteiger partial charge < -0.3 is 5.73 Å². The standard InChI is InChI=1S/C13H13BrN2S/c14-11-4-1-5-12(7-11)17-9-10-3-2-6-16-13(10)8-15/h1-7H,8-9,15H2. The number of hydrogen-bond donors (Lipinski definition) is 1. The predicted octanol–water partition coefficient (Wildman–Crippen LogP) is 3.60. The lowest BCUT2D eigenvalue weighted by atomic mass is 10.2. The van der Waals surface area contributed by atoms with Crippen molar-refractivity contribution in [3.63, 3.8) is 0 Å². The second-order valence-corrected chi connectivity index (χ2v) is 5.52. The minimum Gasteiger partial charge on any atom is -0.325 e. The minimum absolute atomic E-state index is 0.495. The Morgan fingerprint density at radius 2 is 2.12 bits per heavy atom. The topological polar surface area (TPSA) is 38.9 Å². The summed E-state index contributed by atoms with van der Waals surface area (Å²) in [5.74, 6) is 0.900. The Morgan fingerprint density at radius 1 is 1.24 bits per heavy atom. The third-order valence-corrected chi connectivity index (χ3v) is 3.90. The van der Waals surface area contributed by atoms with Gasteiger partial charge in [0.05, 0.1) is 5.69 Å². The van der Waals surface area contributed by atoms with E-state index in [1.54, 1.807) is 18.0 Å². The van der Waals surface area contributed by atoms with Gasteiger partial charge >= 0.3 is 0 Å². The molecule has 17 heavy (non-hydrogen) atoms. The highest BCUT2D eigenvalue weighted by Gasteiger charge is 2.02. The number of pyridine rings is 1. The first-order chi connectivity index (χ1) is 8.29. The molecule has 2 aromatic rings. The maximum Gasteiger partial charge on any atom is 0.0579 e. The molecule has 0 aliphatic heterocycles. The van der Waals surface area contributed by atoms with E-state index in [0.717, 1.165) is 15.9 Å². The number of thioether (sulfide) groups is 1. The highest BCUT2D eigenvalue weighted by atomic mass is 79.9. The van der Waals surface area contributed by atoms with Crippen LogP contribution in [0.5, 0.6) is 0 Å². The summed E-state index contributed by atoms with van der Waals surface area (Å²) in [5.41, 5.74) is 7.85. The zero-order chi connectivity index (χ0) is 12.1. The normalized spacial score (nSPS) is 10.5. The number of hydrogen-bond acceptors (Lipinski definition) is 3. The lowest BCUT2D eigenvalue weighted by molar-refractivity contribution is 0.964. The lowest BCUT2D eigenvalue weighted by Crippen LogP contribution is -2.03. The molecule has 1 aromatic heterocycles. The van der Waals surface area contributed by atoms with Crippen molar-refractivity contribution in [2.24, 2.45) is 5.73 Å². The van der Waals surface area contributed by atoms with Gasteiger partial charge in [0.15, 0.2) is 0 Å². The van der Waals surface area contributed by atoms with Crippen LogP contribution in [0.1, 0.15) is 11.3 Å². The van der Waals surface area contributed by atoms with E-state index in [1.807, 2.05) is 18.2 Å². The fourth-order valence-corrected chi connectivity index (χ4v) is 3.03. The Hall–Kier alpha value is -0.840. The highest BCUT2D eigenvalue weighted by molar-refractivity contribution is 9.10. The molecule has 88 valence electrons. The summed E-state index contributed by atoms with van der Waals surface area (Å²) in [6.45, 7) is 0.495. The van der Waals surface area contributed by atoms with Crippen LogP contribution in [0.25, 0.3) is 0 Å². The number of rotatable bonds is 4. The van der Waals surface area contributed by atoms with Gasteiger partial charge in [-0.25, -0.2) is 0 Å². The first kappa shape index (κ1) is 12.6. The van der Waals surface area contributed by atoms with E-state index in [-0.39, 0.29) is 0 Å². The van der Waals surface area contributed by atoms with Gasteiger partial charge in [-0.05, 0) is 29.8 Å². The van der Waals surface area contributed by atoms with Crippen LogP contribution < -0.4 is 5.73 Å². The Labute approximate surface area is 114 Å². The zero-order valence-electron chi connectivity index (χ0n) is 9.27. The third kappa shape index (κ3) is 3.56. The molecule has 0 aliphatic rings. The molecule has 0 amide bonds. The van der Waals surface area contributed by atoms with Crippen LogP contribution >= 0.6 is 27.7 Å². The summed E-state index contributed by atoms with van der Waals surface area (Å²) in [4.78, 5) is 5.52. The maximum atomic E-state index is 5.66. The molecule has 0 aliphatic carbocycles. The van der Waals surface area contributed by atoms with Crippen molar-refractivity contribution in [2.45, 2.75) is 17.2 Å². The number of benzene rings is 1. The lowest BCUT2D eigenvalue weighted by Gasteiger charge is -2.06. The molecule has 2 N–H and O–H groups in total. The molecule has 0 radical (unpaired) electrons. The molecule has 0 saturated carbocycles. The Balaban J connectivity index is 2.07. The summed E-state index contributed by atoms with van der Waals surface area (Å²) in [6, 6.07) is 12.3. The van der Waals surface area contributed by atoms with Gasteiger partial charge in [-0.15, -0.1) is 11.8 Å². The molecule has 0 saturated heterocycles. The quantitative estimate of drug-likeness (QED) is 0.877. The molecule has 0 spiro atoms. The van der Waals surface area contributed by atoms with Crippen molar-refractivity contribution in [3.8, 4) is 0 Å². The maximum absolute atomic E-state index is 5.66. The van der Waals surface area contributed by atoms with Crippen molar-refractivity contribution < 1.29 is 0 Å². The molecule has 0 fully saturated rings. The van der Waals surface area contributed by atoms with Crippen molar-refractivity contribution in [3.05, 3.63) is 58.3 Å². The molecular weight excluding hydrogens is 296 g/mol. The SMILES string of the molecule is NCc1ncccc1CSc1cccc(Br)c1. The molecule has 2 rings (SSSR count). The van der Waals surface area contributed by atoms with E-state index in [0.29, 0.717) is 6.54 Å². The van der Waals surface area contributed by atoms with Gasteiger partial charge in [0.25, 0.3) is 0 Å². The van der Waals surface area contributed by atoms with E-state index in [1.165, 1.54) is 10.5 Å². The van der Waals surface area contributed by atoms with Crippen molar-refractivity contribution in [1.82, 2.24) is 4.98 Å². The van der Waals surface area contributed by atoms with Gasteiger partial charge in [-0.3, -0.25) is 4.98 Å². The van der Waals surface area contributed by atoms with E-state index >= 15 is 0 Å².